The number of thioether (sulfide) groups is 1. The van der Waals surface area contributed by atoms with Crippen molar-refractivity contribution in [3.05, 3.63) is 56.7 Å². The molecule has 0 saturated carbocycles. The quantitative estimate of drug-likeness (QED) is 0.475. The highest BCUT2D eigenvalue weighted by molar-refractivity contribution is 8.18. The van der Waals surface area contributed by atoms with Gasteiger partial charge in [-0.1, -0.05) is 17.7 Å². The predicted molar refractivity (Wildman–Crippen MR) is 119 cm³/mol. The van der Waals surface area contributed by atoms with Crippen LogP contribution < -0.4 is 0 Å². The third kappa shape index (κ3) is 4.32. The first-order chi connectivity index (χ1) is 14.1. The number of imide groups is 1. The number of carbonyl (C=O) groups is 3. The molecule has 0 atom stereocenters. The Labute approximate surface area is 184 Å². The minimum absolute atomic E-state index is 0.278. The van der Waals surface area contributed by atoms with E-state index in [1.54, 1.807) is 19.9 Å². The number of esters is 1. The SMILES string of the molecule is Cc1c(Cl)cccc1-n1c(C)cc(/C=C2\SC(=O)N(CC(=O)OC(C)C)C2=O)c1C. The Bertz CT molecular complexity index is 1070. The van der Waals surface area contributed by atoms with E-state index in [9.17, 15) is 14.4 Å². The van der Waals surface area contributed by atoms with Crippen molar-refractivity contribution in [3.63, 3.8) is 0 Å². The van der Waals surface area contributed by atoms with Crippen LogP contribution >= 0.6 is 23.4 Å². The lowest BCUT2D eigenvalue weighted by Gasteiger charge is -2.14. The summed E-state index contributed by atoms with van der Waals surface area (Å²) in [7, 11) is 0. The van der Waals surface area contributed by atoms with Crippen LogP contribution in [0.5, 0.6) is 0 Å². The predicted octanol–water partition coefficient (Wildman–Crippen LogP) is 5.04. The number of benzene rings is 1. The molecule has 0 radical (unpaired) electrons. The first kappa shape index (κ1) is 22.2. The fourth-order valence-electron chi connectivity index (χ4n) is 3.35. The number of aromatic nitrogens is 1. The summed E-state index contributed by atoms with van der Waals surface area (Å²) >= 11 is 7.11. The number of hydrogen-bond donors (Lipinski definition) is 0. The zero-order valence-electron chi connectivity index (χ0n) is 17.5. The van der Waals surface area contributed by atoms with Crippen LogP contribution in [0.25, 0.3) is 11.8 Å². The van der Waals surface area contributed by atoms with Gasteiger partial charge in [-0.2, -0.15) is 0 Å². The molecule has 30 heavy (non-hydrogen) atoms. The van der Waals surface area contributed by atoms with Crippen molar-refractivity contribution in [2.75, 3.05) is 6.54 Å². The largest absolute Gasteiger partial charge is 0.462 e. The van der Waals surface area contributed by atoms with Gasteiger partial charge in [-0.15, -0.1) is 0 Å². The third-order valence-electron chi connectivity index (χ3n) is 4.76. The second-order valence-electron chi connectivity index (χ2n) is 7.35. The molecule has 2 amide bonds. The fourth-order valence-corrected chi connectivity index (χ4v) is 4.35. The summed E-state index contributed by atoms with van der Waals surface area (Å²) in [4.78, 5) is 38.0. The van der Waals surface area contributed by atoms with Crippen LogP contribution in [-0.2, 0) is 14.3 Å². The van der Waals surface area contributed by atoms with Gasteiger partial charge in [-0.25, -0.2) is 0 Å². The van der Waals surface area contributed by atoms with Crippen molar-refractivity contribution in [2.24, 2.45) is 0 Å². The maximum atomic E-state index is 12.7. The van der Waals surface area contributed by atoms with Crippen molar-refractivity contribution in [1.29, 1.82) is 0 Å². The number of hydrogen-bond acceptors (Lipinski definition) is 5. The molecule has 0 spiro atoms. The van der Waals surface area contributed by atoms with Crippen LogP contribution in [-0.4, -0.2) is 39.2 Å². The molecule has 1 saturated heterocycles. The van der Waals surface area contributed by atoms with Gasteiger partial charge in [-0.3, -0.25) is 19.3 Å². The van der Waals surface area contributed by atoms with E-state index >= 15 is 0 Å². The highest BCUT2D eigenvalue weighted by Crippen LogP contribution is 2.34. The van der Waals surface area contributed by atoms with Gasteiger partial charge in [0.1, 0.15) is 6.54 Å². The lowest BCUT2D eigenvalue weighted by Crippen LogP contribution is -2.35. The maximum Gasteiger partial charge on any atom is 0.326 e. The van der Waals surface area contributed by atoms with Gasteiger partial charge in [0.05, 0.1) is 11.0 Å². The summed E-state index contributed by atoms with van der Waals surface area (Å²) in [6.45, 7) is 8.91. The molecule has 1 fully saturated rings. The average molecular weight is 447 g/mol. The summed E-state index contributed by atoms with van der Waals surface area (Å²) in [6, 6.07) is 7.68. The first-order valence-corrected chi connectivity index (χ1v) is 10.7. The van der Waals surface area contributed by atoms with Crippen LogP contribution in [0, 0.1) is 20.8 Å². The third-order valence-corrected chi connectivity index (χ3v) is 6.08. The zero-order chi connectivity index (χ0) is 22.2. The van der Waals surface area contributed by atoms with E-state index in [0.717, 1.165) is 44.9 Å². The van der Waals surface area contributed by atoms with E-state index in [2.05, 4.69) is 4.57 Å². The van der Waals surface area contributed by atoms with E-state index in [0.29, 0.717) is 5.02 Å². The Morgan fingerprint density at radius 2 is 1.93 bits per heavy atom. The number of aryl methyl sites for hydroxylation is 1. The smallest absolute Gasteiger partial charge is 0.326 e. The average Bonchev–Trinajstić information content (AvgIpc) is 3.07. The lowest BCUT2D eigenvalue weighted by atomic mass is 10.2. The van der Waals surface area contributed by atoms with Crippen LogP contribution in [0.3, 0.4) is 0 Å². The van der Waals surface area contributed by atoms with Gasteiger partial charge >= 0.3 is 5.97 Å². The fraction of sp³-hybridized carbons (Fsp3) is 0.318. The van der Waals surface area contributed by atoms with E-state index < -0.39 is 17.1 Å². The molecule has 158 valence electrons. The topological polar surface area (TPSA) is 68.6 Å². The molecule has 2 heterocycles. The number of halogens is 1. The second kappa shape index (κ2) is 8.70. The molecule has 3 rings (SSSR count). The Hall–Kier alpha value is -2.51. The van der Waals surface area contributed by atoms with Crippen molar-refractivity contribution >= 4 is 46.6 Å². The molecular formula is C22H23ClN2O4S. The van der Waals surface area contributed by atoms with Gasteiger partial charge < -0.3 is 9.30 Å². The molecule has 0 N–H and O–H groups in total. The molecule has 1 aromatic heterocycles. The van der Waals surface area contributed by atoms with Crippen LogP contribution in [0.1, 0.15) is 36.4 Å². The number of carbonyl (C=O) groups excluding carboxylic acids is 3. The molecule has 1 aromatic carbocycles. The van der Waals surface area contributed by atoms with E-state index in [1.165, 1.54) is 0 Å². The Kier molecular flexibility index (Phi) is 6.43. The van der Waals surface area contributed by atoms with Gasteiger partial charge in [-0.05, 0) is 81.8 Å². The summed E-state index contributed by atoms with van der Waals surface area (Å²) in [5.41, 5.74) is 4.63. The van der Waals surface area contributed by atoms with Gasteiger partial charge in [0, 0.05) is 22.1 Å². The Morgan fingerprint density at radius 1 is 1.23 bits per heavy atom. The standard InChI is InChI=1S/C22H23ClN2O4S/c1-12(2)29-20(26)11-24-21(27)19(30-22(24)28)10-16-9-13(3)25(15(16)5)18-8-6-7-17(23)14(18)4/h6-10,12H,11H2,1-5H3/b19-10-. The minimum atomic E-state index is -0.608. The molecule has 0 aliphatic carbocycles. The summed E-state index contributed by atoms with van der Waals surface area (Å²) in [5.74, 6) is -1.10. The van der Waals surface area contributed by atoms with Crippen LogP contribution in [0.2, 0.25) is 5.02 Å². The summed E-state index contributed by atoms with van der Waals surface area (Å²) < 4.78 is 7.11. The van der Waals surface area contributed by atoms with Crippen molar-refractivity contribution in [2.45, 2.75) is 40.7 Å². The molecule has 1 aliphatic heterocycles. The molecule has 8 heteroatoms. The molecule has 6 nitrogen and oxygen atoms in total. The van der Waals surface area contributed by atoms with E-state index in [1.807, 2.05) is 45.0 Å². The molecule has 0 bridgehead atoms. The van der Waals surface area contributed by atoms with Gasteiger partial charge in [0.15, 0.2) is 0 Å². The normalized spacial score (nSPS) is 15.6. The first-order valence-electron chi connectivity index (χ1n) is 9.49. The number of rotatable bonds is 5. The van der Waals surface area contributed by atoms with Crippen LogP contribution in [0.4, 0.5) is 4.79 Å². The van der Waals surface area contributed by atoms with Crippen LogP contribution in [0.15, 0.2) is 29.2 Å². The van der Waals surface area contributed by atoms with Crippen molar-refractivity contribution in [3.8, 4) is 5.69 Å². The summed E-state index contributed by atoms with van der Waals surface area (Å²) in [6.07, 6.45) is 1.38. The number of amides is 2. The highest BCUT2D eigenvalue weighted by Gasteiger charge is 2.37. The van der Waals surface area contributed by atoms with E-state index in [-0.39, 0.29) is 17.6 Å². The van der Waals surface area contributed by atoms with Gasteiger partial charge in [0.25, 0.3) is 11.1 Å². The molecule has 0 unspecified atom stereocenters. The van der Waals surface area contributed by atoms with E-state index in [4.69, 9.17) is 16.3 Å². The summed E-state index contributed by atoms with van der Waals surface area (Å²) in [5, 5.41) is 0.197. The Morgan fingerprint density at radius 3 is 2.60 bits per heavy atom. The molecule has 1 aliphatic rings. The van der Waals surface area contributed by atoms with Crippen molar-refractivity contribution in [1.82, 2.24) is 9.47 Å². The lowest BCUT2D eigenvalue weighted by molar-refractivity contribution is -0.149. The number of nitrogens with zero attached hydrogens (tertiary/aromatic N) is 2. The maximum absolute atomic E-state index is 12.7. The Balaban J connectivity index is 1.91. The molecular weight excluding hydrogens is 424 g/mol. The number of ether oxygens (including phenoxy) is 1. The van der Waals surface area contributed by atoms with Crippen molar-refractivity contribution < 1.29 is 19.1 Å². The van der Waals surface area contributed by atoms with Gasteiger partial charge in [0.2, 0.25) is 0 Å². The molecule has 2 aromatic rings. The monoisotopic (exact) mass is 446 g/mol. The second-order valence-corrected chi connectivity index (χ2v) is 8.75. The zero-order valence-corrected chi connectivity index (χ0v) is 19.1. The minimum Gasteiger partial charge on any atom is -0.462 e. The highest BCUT2D eigenvalue weighted by atomic mass is 35.5.